The van der Waals surface area contributed by atoms with Crippen LogP contribution in [0.4, 0.5) is 0 Å². The zero-order valence-electron chi connectivity index (χ0n) is 21.8. The van der Waals surface area contributed by atoms with Crippen LogP contribution in [0.25, 0.3) is 89.7 Å². The summed E-state index contributed by atoms with van der Waals surface area (Å²) in [5.74, 6) is 2.30. The fraction of sp³-hybridized carbons (Fsp3) is 0. The van der Waals surface area contributed by atoms with Crippen molar-refractivity contribution in [3.8, 4) is 45.6 Å². The Balaban J connectivity index is 1.55. The standard InChI is InChI=1S/C32H16ClN8.In/c33-41-31-23-15-7-8-16-24(23)32(41)40-30-22-14-6-4-12-20(22)28(38-30)36-26-18-10-2-1-9-17(18)25(34-26)35-27-19-11-3-5-13-21(19)29(37-27)39-31;/h1-16H;/q-1;+1. The molecule has 2 aliphatic rings. The van der Waals surface area contributed by atoms with E-state index >= 15 is 0 Å². The van der Waals surface area contributed by atoms with Gasteiger partial charge in [0, 0.05) is 0 Å². The van der Waals surface area contributed by atoms with Gasteiger partial charge in [0.15, 0.2) is 0 Å². The van der Waals surface area contributed by atoms with Gasteiger partial charge in [-0.15, -0.1) is 0 Å². The zero-order valence-corrected chi connectivity index (χ0v) is 25.8. The average molecular weight is 663 g/mol. The average Bonchev–Trinajstić information content (AvgIpc) is 3.71. The molecule has 0 fully saturated rings. The molecule has 42 heavy (non-hydrogen) atoms. The molecule has 2 aliphatic heterocycles. The van der Waals surface area contributed by atoms with Gasteiger partial charge in [-0.3, -0.25) is 0 Å². The monoisotopic (exact) mass is 662 g/mol. The molecule has 9 rings (SSSR count). The predicted octanol–water partition coefficient (Wildman–Crippen LogP) is 6.75. The third-order valence-corrected chi connectivity index (χ3v) is 9.45. The van der Waals surface area contributed by atoms with Crippen molar-refractivity contribution in [2.75, 3.05) is 0 Å². The molecule has 8 nitrogen and oxygen atoms in total. The van der Waals surface area contributed by atoms with Crippen molar-refractivity contribution in [1.82, 2.24) is 36.5 Å². The molecule has 7 aromatic rings. The van der Waals surface area contributed by atoms with Crippen molar-refractivity contribution in [1.29, 1.82) is 0 Å². The zero-order chi connectivity index (χ0) is 27.9. The van der Waals surface area contributed by atoms with Gasteiger partial charge in [0.2, 0.25) is 0 Å². The summed E-state index contributed by atoms with van der Waals surface area (Å²) in [6, 6.07) is 32.2. The van der Waals surface area contributed by atoms with Gasteiger partial charge in [-0.25, -0.2) is 0 Å². The SMILES string of the molecule is Cln1c2nc3nc(nc4c5ccccc5c(nc5nc(nc1c1ccccc12)-c1ccccc1-5)[n]4[In])-c1ccccc1-3. The van der Waals surface area contributed by atoms with Crippen molar-refractivity contribution in [3.63, 3.8) is 0 Å². The number of nitrogens with zero attached hydrogens (tertiary/aromatic N) is 8. The van der Waals surface area contributed by atoms with E-state index < -0.39 is 0 Å². The fourth-order valence-corrected chi connectivity index (χ4v) is 7.17. The molecule has 4 aromatic carbocycles. The third kappa shape index (κ3) is 3.38. The molecule has 0 unspecified atom stereocenters. The molecule has 0 saturated carbocycles. The first-order chi connectivity index (χ1) is 20.7. The Labute approximate surface area is 258 Å². The molecule has 0 spiro atoms. The number of fused-ring (bicyclic) bond motifs is 20. The summed E-state index contributed by atoms with van der Waals surface area (Å²) < 4.78 is 3.63. The topological polar surface area (TPSA) is 87.2 Å². The van der Waals surface area contributed by atoms with Crippen LogP contribution in [0.15, 0.2) is 97.1 Å². The molecular weight excluding hydrogens is 647 g/mol. The molecule has 10 heteroatoms. The van der Waals surface area contributed by atoms with Crippen molar-refractivity contribution < 1.29 is 0 Å². The van der Waals surface area contributed by atoms with Gasteiger partial charge in [0.1, 0.15) is 0 Å². The van der Waals surface area contributed by atoms with E-state index in [0.29, 0.717) is 34.6 Å². The Morgan fingerprint density at radius 3 is 1.05 bits per heavy atom. The molecule has 194 valence electrons. The summed E-state index contributed by atoms with van der Waals surface area (Å²) in [5, 5.41) is 3.74. The molecule has 0 amide bonds. The summed E-state index contributed by atoms with van der Waals surface area (Å²) >= 11 is 7.76. The van der Waals surface area contributed by atoms with E-state index in [1.165, 1.54) is 4.09 Å². The normalized spacial score (nSPS) is 12.0. The first kappa shape index (κ1) is 24.0. The molecule has 3 aromatic heterocycles. The first-order valence-electron chi connectivity index (χ1n) is 13.3. The van der Waals surface area contributed by atoms with Gasteiger partial charge in [-0.1, -0.05) is 0 Å². The second-order valence-corrected chi connectivity index (χ2v) is 11.9. The van der Waals surface area contributed by atoms with Gasteiger partial charge < -0.3 is 0 Å². The minimum atomic E-state index is 0.548. The van der Waals surface area contributed by atoms with Crippen LogP contribution in [0.5, 0.6) is 0 Å². The van der Waals surface area contributed by atoms with Gasteiger partial charge in [-0.05, 0) is 0 Å². The van der Waals surface area contributed by atoms with E-state index in [4.69, 9.17) is 41.7 Å². The van der Waals surface area contributed by atoms with Crippen molar-refractivity contribution in [2.24, 2.45) is 0 Å². The van der Waals surface area contributed by atoms with Crippen LogP contribution in [-0.4, -0.2) is 61.2 Å². The van der Waals surface area contributed by atoms with Crippen LogP contribution in [0, 0.1) is 0 Å². The van der Waals surface area contributed by atoms with E-state index in [9.17, 15) is 0 Å². The molecule has 0 aliphatic carbocycles. The molecule has 0 saturated heterocycles. The van der Waals surface area contributed by atoms with E-state index in [1.807, 2.05) is 84.9 Å². The molecule has 2 radical (unpaired) electrons. The number of hydrogen-bond acceptors (Lipinski definition) is 6. The van der Waals surface area contributed by atoms with Crippen LogP contribution in [0.2, 0.25) is 0 Å². The third-order valence-electron chi connectivity index (χ3n) is 7.73. The van der Waals surface area contributed by atoms with Gasteiger partial charge in [-0.2, -0.15) is 0 Å². The fourth-order valence-electron chi connectivity index (χ4n) is 5.78. The number of aromatic nitrogens is 8. The Morgan fingerprint density at radius 1 is 0.405 bits per heavy atom. The molecule has 8 bridgehead atoms. The Kier molecular flexibility index (Phi) is 5.12. The van der Waals surface area contributed by atoms with Crippen molar-refractivity contribution in [2.45, 2.75) is 0 Å². The summed E-state index contributed by atoms with van der Waals surface area (Å²) in [5.41, 5.74) is 6.34. The summed E-state index contributed by atoms with van der Waals surface area (Å²) in [7, 11) is 0. The number of benzene rings is 4. The quantitative estimate of drug-likeness (QED) is 0.179. The number of rotatable bonds is 0. The van der Waals surface area contributed by atoms with Crippen LogP contribution < -0.4 is 0 Å². The molecular formula is C32H16ClInN8. The van der Waals surface area contributed by atoms with Crippen molar-refractivity contribution >= 4 is 80.6 Å². The summed E-state index contributed by atoms with van der Waals surface area (Å²) in [4.78, 5) is 30.3. The van der Waals surface area contributed by atoms with Crippen LogP contribution in [0.3, 0.4) is 0 Å². The Bertz CT molecular complexity index is 2130. The maximum absolute atomic E-state index is 7.03. The maximum atomic E-state index is 7.03. The van der Waals surface area contributed by atoms with Crippen molar-refractivity contribution in [3.05, 3.63) is 97.1 Å². The summed E-state index contributed by atoms with van der Waals surface area (Å²) in [6.07, 6.45) is 0. The van der Waals surface area contributed by atoms with Gasteiger partial charge in [0.25, 0.3) is 0 Å². The van der Waals surface area contributed by atoms with Crippen LogP contribution in [0.1, 0.15) is 0 Å². The Hall–Kier alpha value is -4.60. The molecule has 0 atom stereocenters. The van der Waals surface area contributed by atoms with E-state index in [0.717, 1.165) is 79.8 Å². The van der Waals surface area contributed by atoms with E-state index in [1.54, 1.807) is 0 Å². The van der Waals surface area contributed by atoms with E-state index in [-0.39, 0.29) is 0 Å². The van der Waals surface area contributed by atoms with Crippen LogP contribution >= 0.6 is 11.8 Å². The van der Waals surface area contributed by atoms with Crippen LogP contribution in [-0.2, 0) is 0 Å². The first-order valence-corrected chi connectivity index (χ1v) is 15.1. The summed E-state index contributed by atoms with van der Waals surface area (Å²) in [6.45, 7) is 0. The number of hydrogen-bond donors (Lipinski definition) is 0. The molecule has 5 heterocycles. The second kappa shape index (κ2) is 8.95. The minimum absolute atomic E-state index is 0.548. The van der Waals surface area contributed by atoms with Gasteiger partial charge in [0.05, 0.1) is 0 Å². The second-order valence-electron chi connectivity index (χ2n) is 10.1. The molecule has 0 N–H and O–H groups in total. The number of halogens is 1. The Morgan fingerprint density at radius 2 is 0.690 bits per heavy atom. The van der Waals surface area contributed by atoms with Gasteiger partial charge >= 0.3 is 260 Å². The predicted molar refractivity (Wildman–Crippen MR) is 166 cm³/mol. The van der Waals surface area contributed by atoms with E-state index in [2.05, 4.69) is 14.7 Å².